The van der Waals surface area contributed by atoms with E-state index in [-0.39, 0.29) is 18.3 Å². The lowest BCUT2D eigenvalue weighted by atomic mass is 10.2. The number of carbonyl (C=O) groups is 1. The molecule has 4 rings (SSSR count). The van der Waals surface area contributed by atoms with Gasteiger partial charge in [0.25, 0.3) is 5.91 Å². The largest absolute Gasteiger partial charge is 0.463 e. The van der Waals surface area contributed by atoms with Gasteiger partial charge in [-0.3, -0.25) is 4.79 Å². The quantitative estimate of drug-likeness (QED) is 0.579. The number of benzene rings is 2. The van der Waals surface area contributed by atoms with Gasteiger partial charge < -0.3 is 9.73 Å². The average molecular weight is 361 g/mol. The van der Waals surface area contributed by atoms with E-state index in [0.29, 0.717) is 17.1 Å². The molecule has 0 spiro atoms. The SMILES string of the molecule is O=C(NCc1ccc(F)cc1)c1cc(-c2ccco2)nn1-c1ccccc1. The third-order valence-corrected chi connectivity index (χ3v) is 4.08. The fraction of sp³-hybridized carbons (Fsp3) is 0.0476. The third-order valence-electron chi connectivity index (χ3n) is 4.08. The minimum Gasteiger partial charge on any atom is -0.463 e. The molecule has 2 aromatic carbocycles. The van der Waals surface area contributed by atoms with Gasteiger partial charge in [0.15, 0.2) is 5.76 Å². The zero-order chi connectivity index (χ0) is 18.6. The number of rotatable bonds is 5. The van der Waals surface area contributed by atoms with Crippen LogP contribution in [0.5, 0.6) is 0 Å². The van der Waals surface area contributed by atoms with E-state index in [2.05, 4.69) is 10.4 Å². The molecule has 0 fully saturated rings. The van der Waals surface area contributed by atoms with Crippen molar-refractivity contribution in [2.75, 3.05) is 0 Å². The molecule has 0 saturated heterocycles. The van der Waals surface area contributed by atoms with Gasteiger partial charge in [-0.25, -0.2) is 9.07 Å². The molecule has 1 N–H and O–H groups in total. The van der Waals surface area contributed by atoms with E-state index in [1.807, 2.05) is 30.3 Å². The number of amides is 1. The molecule has 0 aliphatic heterocycles. The highest BCUT2D eigenvalue weighted by molar-refractivity contribution is 5.94. The van der Waals surface area contributed by atoms with E-state index in [4.69, 9.17) is 4.42 Å². The van der Waals surface area contributed by atoms with Crippen LogP contribution in [-0.2, 0) is 6.54 Å². The Hall–Kier alpha value is -3.67. The molecule has 2 aromatic heterocycles. The van der Waals surface area contributed by atoms with Crippen molar-refractivity contribution in [2.45, 2.75) is 6.54 Å². The van der Waals surface area contributed by atoms with Gasteiger partial charge in [-0.1, -0.05) is 30.3 Å². The predicted octanol–water partition coefficient (Wildman–Crippen LogP) is 4.20. The first-order valence-electron chi connectivity index (χ1n) is 8.43. The molecule has 0 aliphatic rings. The lowest BCUT2D eigenvalue weighted by Crippen LogP contribution is -2.25. The summed E-state index contributed by atoms with van der Waals surface area (Å²) in [5.74, 6) is -0.0129. The number of aromatic nitrogens is 2. The fourth-order valence-corrected chi connectivity index (χ4v) is 2.73. The molecule has 0 bridgehead atoms. The molecule has 0 aliphatic carbocycles. The minimum absolute atomic E-state index is 0.284. The van der Waals surface area contributed by atoms with E-state index >= 15 is 0 Å². The second kappa shape index (κ2) is 7.29. The van der Waals surface area contributed by atoms with Crippen LogP contribution in [0.3, 0.4) is 0 Å². The van der Waals surface area contributed by atoms with E-state index in [0.717, 1.165) is 11.3 Å². The maximum absolute atomic E-state index is 13.0. The monoisotopic (exact) mass is 361 g/mol. The lowest BCUT2D eigenvalue weighted by Gasteiger charge is -2.08. The Morgan fingerprint density at radius 1 is 1.04 bits per heavy atom. The number of hydrogen-bond acceptors (Lipinski definition) is 3. The second-order valence-corrected chi connectivity index (χ2v) is 5.95. The van der Waals surface area contributed by atoms with Crippen molar-refractivity contribution in [1.82, 2.24) is 15.1 Å². The number of hydrogen-bond donors (Lipinski definition) is 1. The standard InChI is InChI=1S/C21H16FN3O2/c22-16-10-8-15(9-11-16)14-23-21(26)19-13-18(20-7-4-12-27-20)24-25(19)17-5-2-1-3-6-17/h1-13H,14H2,(H,23,26). The Morgan fingerprint density at radius 3 is 2.52 bits per heavy atom. The Labute approximate surface area is 155 Å². The smallest absolute Gasteiger partial charge is 0.270 e. The topological polar surface area (TPSA) is 60.1 Å². The molecular formula is C21H16FN3O2. The number of nitrogens with zero attached hydrogens (tertiary/aromatic N) is 2. The van der Waals surface area contributed by atoms with Crippen molar-refractivity contribution in [3.8, 4) is 17.1 Å². The first-order valence-corrected chi connectivity index (χ1v) is 8.43. The highest BCUT2D eigenvalue weighted by Crippen LogP contribution is 2.22. The Balaban J connectivity index is 1.63. The molecular weight excluding hydrogens is 345 g/mol. The molecule has 5 nitrogen and oxygen atoms in total. The summed E-state index contributed by atoms with van der Waals surface area (Å²) < 4.78 is 20.0. The summed E-state index contributed by atoms with van der Waals surface area (Å²) in [5, 5.41) is 7.37. The fourth-order valence-electron chi connectivity index (χ4n) is 2.73. The highest BCUT2D eigenvalue weighted by atomic mass is 19.1. The van der Waals surface area contributed by atoms with Crippen LogP contribution in [0.2, 0.25) is 0 Å². The Kier molecular flexibility index (Phi) is 4.53. The molecule has 0 atom stereocenters. The summed E-state index contributed by atoms with van der Waals surface area (Å²) in [6.45, 7) is 0.287. The Morgan fingerprint density at radius 2 is 1.81 bits per heavy atom. The zero-order valence-corrected chi connectivity index (χ0v) is 14.3. The van der Waals surface area contributed by atoms with Crippen LogP contribution in [0.25, 0.3) is 17.1 Å². The van der Waals surface area contributed by atoms with Crippen LogP contribution < -0.4 is 5.32 Å². The van der Waals surface area contributed by atoms with Gasteiger partial charge in [0, 0.05) is 12.6 Å². The Bertz CT molecular complexity index is 1040. The lowest BCUT2D eigenvalue weighted by molar-refractivity contribution is 0.0943. The van der Waals surface area contributed by atoms with Gasteiger partial charge in [0.05, 0.1) is 12.0 Å². The normalized spacial score (nSPS) is 10.7. The summed E-state index contributed by atoms with van der Waals surface area (Å²) >= 11 is 0. The van der Waals surface area contributed by atoms with Crippen molar-refractivity contribution in [2.24, 2.45) is 0 Å². The van der Waals surface area contributed by atoms with E-state index in [9.17, 15) is 9.18 Å². The molecule has 134 valence electrons. The van der Waals surface area contributed by atoms with Gasteiger partial charge in [0.2, 0.25) is 0 Å². The van der Waals surface area contributed by atoms with Crippen LogP contribution in [0.4, 0.5) is 4.39 Å². The molecule has 2 heterocycles. The van der Waals surface area contributed by atoms with Gasteiger partial charge in [0.1, 0.15) is 17.2 Å². The molecule has 27 heavy (non-hydrogen) atoms. The number of furan rings is 1. The molecule has 0 saturated carbocycles. The number of para-hydroxylation sites is 1. The van der Waals surface area contributed by atoms with Crippen LogP contribution in [0, 0.1) is 5.82 Å². The molecule has 0 radical (unpaired) electrons. The third kappa shape index (κ3) is 3.64. The van der Waals surface area contributed by atoms with Gasteiger partial charge >= 0.3 is 0 Å². The number of carbonyl (C=O) groups excluding carboxylic acids is 1. The van der Waals surface area contributed by atoms with Crippen molar-refractivity contribution < 1.29 is 13.6 Å². The van der Waals surface area contributed by atoms with Crippen molar-refractivity contribution in [3.05, 3.63) is 96.1 Å². The highest BCUT2D eigenvalue weighted by Gasteiger charge is 2.18. The van der Waals surface area contributed by atoms with Crippen LogP contribution >= 0.6 is 0 Å². The van der Waals surface area contributed by atoms with Crippen molar-refractivity contribution in [3.63, 3.8) is 0 Å². The first-order chi connectivity index (χ1) is 13.2. The summed E-state index contributed by atoms with van der Waals surface area (Å²) in [7, 11) is 0. The van der Waals surface area contributed by atoms with E-state index < -0.39 is 0 Å². The van der Waals surface area contributed by atoms with Crippen molar-refractivity contribution in [1.29, 1.82) is 0 Å². The van der Waals surface area contributed by atoms with Gasteiger partial charge in [-0.15, -0.1) is 0 Å². The van der Waals surface area contributed by atoms with Crippen LogP contribution in [0.15, 0.2) is 83.5 Å². The van der Waals surface area contributed by atoms with E-state index in [1.165, 1.54) is 12.1 Å². The number of halogens is 1. The van der Waals surface area contributed by atoms with E-state index in [1.54, 1.807) is 41.3 Å². The summed E-state index contributed by atoms with van der Waals surface area (Å²) in [5.41, 5.74) is 2.52. The number of nitrogens with one attached hydrogen (secondary N) is 1. The summed E-state index contributed by atoms with van der Waals surface area (Å²) in [4.78, 5) is 12.8. The van der Waals surface area contributed by atoms with Crippen LogP contribution in [-0.4, -0.2) is 15.7 Å². The molecule has 0 unspecified atom stereocenters. The molecule has 4 aromatic rings. The summed E-state index contributed by atoms with van der Waals surface area (Å²) in [6.07, 6.45) is 1.56. The van der Waals surface area contributed by atoms with Gasteiger partial charge in [-0.2, -0.15) is 5.10 Å². The first kappa shape index (κ1) is 16.8. The predicted molar refractivity (Wildman–Crippen MR) is 98.8 cm³/mol. The summed E-state index contributed by atoms with van der Waals surface area (Å²) in [6, 6.07) is 20.6. The van der Waals surface area contributed by atoms with Crippen molar-refractivity contribution >= 4 is 5.91 Å². The average Bonchev–Trinajstić information content (AvgIpc) is 3.38. The maximum Gasteiger partial charge on any atom is 0.270 e. The minimum atomic E-state index is -0.310. The van der Waals surface area contributed by atoms with Gasteiger partial charge in [-0.05, 0) is 42.0 Å². The molecule has 6 heteroatoms. The molecule has 1 amide bonds. The maximum atomic E-state index is 13.0. The van der Waals surface area contributed by atoms with Crippen LogP contribution in [0.1, 0.15) is 16.1 Å². The zero-order valence-electron chi connectivity index (χ0n) is 14.3. The second-order valence-electron chi connectivity index (χ2n) is 5.95.